The van der Waals surface area contributed by atoms with Gasteiger partial charge < -0.3 is 14.6 Å². The number of carbonyl (C=O) groups excluding carboxylic acids is 2. The lowest BCUT2D eigenvalue weighted by Crippen LogP contribution is -2.29. The second kappa shape index (κ2) is 9.65. The van der Waals surface area contributed by atoms with Gasteiger partial charge in [0.1, 0.15) is 17.3 Å². The summed E-state index contributed by atoms with van der Waals surface area (Å²) in [5.41, 5.74) is 0.701. The minimum absolute atomic E-state index is 0.164. The van der Waals surface area contributed by atoms with Crippen molar-refractivity contribution in [2.24, 2.45) is 5.14 Å². The standard InChI is InChI=1S/C25H21ClN2O7S/c1-34-17-9-12-19(20(13-17)35-2)22-21(23(29)14-3-5-15(26)6-4-14)24(30)25(31)28(22)16-7-10-18(11-8-16)36(27,32)33/h3-13,22,29H,1-2H3,(H2,27,32,33)/b23-21+/t22-/m0/s1. The quantitative estimate of drug-likeness (QED) is 0.283. The number of nitrogens with zero attached hydrogens (tertiary/aromatic N) is 1. The molecule has 186 valence electrons. The van der Waals surface area contributed by atoms with Crippen LogP contribution in [0, 0.1) is 0 Å². The van der Waals surface area contributed by atoms with E-state index in [-0.39, 0.29) is 21.7 Å². The lowest BCUT2D eigenvalue weighted by molar-refractivity contribution is -0.132. The number of amides is 1. The van der Waals surface area contributed by atoms with Crippen LogP contribution in [-0.2, 0) is 19.6 Å². The van der Waals surface area contributed by atoms with Crippen LogP contribution in [0.25, 0.3) is 5.76 Å². The first-order valence-electron chi connectivity index (χ1n) is 10.5. The van der Waals surface area contributed by atoms with E-state index < -0.39 is 33.5 Å². The monoisotopic (exact) mass is 528 g/mol. The van der Waals surface area contributed by atoms with E-state index in [0.29, 0.717) is 22.1 Å². The highest BCUT2D eigenvalue weighted by atomic mass is 35.5. The molecule has 11 heteroatoms. The number of methoxy groups -OCH3 is 2. The van der Waals surface area contributed by atoms with E-state index in [4.69, 9.17) is 26.2 Å². The molecule has 0 saturated carbocycles. The molecule has 0 spiro atoms. The van der Waals surface area contributed by atoms with Gasteiger partial charge in [0.2, 0.25) is 10.0 Å². The minimum atomic E-state index is -3.98. The predicted molar refractivity (Wildman–Crippen MR) is 134 cm³/mol. The summed E-state index contributed by atoms with van der Waals surface area (Å²) in [6.45, 7) is 0. The third kappa shape index (κ3) is 4.53. The number of hydrogen-bond donors (Lipinski definition) is 2. The van der Waals surface area contributed by atoms with Crippen LogP contribution >= 0.6 is 11.6 Å². The van der Waals surface area contributed by atoms with Crippen molar-refractivity contribution in [1.29, 1.82) is 0 Å². The van der Waals surface area contributed by atoms with Crippen LogP contribution in [-0.4, -0.2) is 39.4 Å². The van der Waals surface area contributed by atoms with Crippen LogP contribution in [0.15, 0.2) is 77.2 Å². The summed E-state index contributed by atoms with van der Waals surface area (Å²) in [5.74, 6) is -1.48. The van der Waals surface area contributed by atoms with Crippen LogP contribution in [0.3, 0.4) is 0 Å². The molecule has 1 fully saturated rings. The molecule has 3 aromatic rings. The summed E-state index contributed by atoms with van der Waals surface area (Å²) >= 11 is 5.96. The highest BCUT2D eigenvalue weighted by Crippen LogP contribution is 2.45. The Morgan fingerprint density at radius 2 is 1.61 bits per heavy atom. The molecule has 4 rings (SSSR count). The van der Waals surface area contributed by atoms with E-state index in [1.165, 1.54) is 55.5 Å². The Labute approximate surface area is 212 Å². The zero-order valence-electron chi connectivity index (χ0n) is 19.1. The summed E-state index contributed by atoms with van der Waals surface area (Å²) < 4.78 is 34.2. The molecular weight excluding hydrogens is 508 g/mol. The van der Waals surface area contributed by atoms with Crippen molar-refractivity contribution in [2.45, 2.75) is 10.9 Å². The number of ketones is 1. The predicted octanol–water partition coefficient (Wildman–Crippen LogP) is 3.63. The van der Waals surface area contributed by atoms with Crippen LogP contribution < -0.4 is 19.5 Å². The van der Waals surface area contributed by atoms with Gasteiger partial charge in [0.25, 0.3) is 11.7 Å². The normalized spacial score (nSPS) is 17.3. The number of aliphatic hydroxyl groups excluding tert-OH is 1. The molecule has 1 aliphatic heterocycles. The number of halogens is 1. The fraction of sp³-hybridized carbons (Fsp3) is 0.120. The molecule has 0 aliphatic carbocycles. The van der Waals surface area contributed by atoms with Crippen molar-refractivity contribution < 1.29 is 32.6 Å². The summed E-state index contributed by atoms with van der Waals surface area (Å²) in [4.78, 5) is 27.6. The Morgan fingerprint density at radius 1 is 0.972 bits per heavy atom. The van der Waals surface area contributed by atoms with Crippen molar-refractivity contribution in [3.8, 4) is 11.5 Å². The van der Waals surface area contributed by atoms with Crippen LogP contribution in [0.4, 0.5) is 5.69 Å². The first-order chi connectivity index (χ1) is 17.1. The molecule has 0 aromatic heterocycles. The molecule has 9 nitrogen and oxygen atoms in total. The van der Waals surface area contributed by atoms with E-state index in [1.807, 2.05) is 0 Å². The molecule has 1 heterocycles. The van der Waals surface area contributed by atoms with E-state index in [1.54, 1.807) is 30.3 Å². The fourth-order valence-electron chi connectivity index (χ4n) is 4.00. The molecule has 1 atom stereocenters. The third-order valence-corrected chi connectivity index (χ3v) is 6.92. The van der Waals surface area contributed by atoms with Crippen LogP contribution in [0.1, 0.15) is 17.2 Å². The smallest absolute Gasteiger partial charge is 0.300 e. The highest BCUT2D eigenvalue weighted by molar-refractivity contribution is 7.89. The molecule has 3 N–H and O–H groups in total. The van der Waals surface area contributed by atoms with E-state index >= 15 is 0 Å². The zero-order chi connectivity index (χ0) is 26.2. The maximum atomic E-state index is 13.3. The number of carbonyl (C=O) groups is 2. The molecule has 0 unspecified atom stereocenters. The van der Waals surface area contributed by atoms with Crippen molar-refractivity contribution >= 4 is 44.8 Å². The second-order valence-corrected chi connectivity index (χ2v) is 9.82. The Bertz CT molecular complexity index is 1480. The van der Waals surface area contributed by atoms with Gasteiger partial charge in [-0.15, -0.1) is 0 Å². The molecule has 1 amide bonds. The summed E-state index contributed by atoms with van der Waals surface area (Å²) in [5, 5.41) is 16.8. The largest absolute Gasteiger partial charge is 0.507 e. The Balaban J connectivity index is 1.97. The molecular formula is C25H21ClN2O7S. The van der Waals surface area contributed by atoms with Crippen molar-refractivity contribution in [2.75, 3.05) is 19.1 Å². The fourth-order valence-corrected chi connectivity index (χ4v) is 4.64. The number of Topliss-reactive ketones (excluding diaryl/α,β-unsaturated/α-hetero) is 1. The van der Waals surface area contributed by atoms with Gasteiger partial charge in [0, 0.05) is 27.9 Å². The molecule has 3 aromatic carbocycles. The van der Waals surface area contributed by atoms with Gasteiger partial charge in [-0.1, -0.05) is 11.6 Å². The number of sulfonamides is 1. The van der Waals surface area contributed by atoms with Crippen molar-refractivity contribution in [3.05, 3.63) is 88.5 Å². The van der Waals surface area contributed by atoms with Gasteiger partial charge in [-0.05, 0) is 60.7 Å². The van der Waals surface area contributed by atoms with E-state index in [0.717, 1.165) is 0 Å². The lowest BCUT2D eigenvalue weighted by Gasteiger charge is -2.27. The molecule has 0 bridgehead atoms. The summed E-state index contributed by atoms with van der Waals surface area (Å²) in [7, 11) is -1.08. The SMILES string of the molecule is COc1ccc([C@H]2/C(=C(\O)c3ccc(Cl)cc3)C(=O)C(=O)N2c2ccc(S(N)(=O)=O)cc2)c(OC)c1. The number of nitrogens with two attached hydrogens (primary N) is 1. The van der Waals surface area contributed by atoms with Gasteiger partial charge in [-0.25, -0.2) is 13.6 Å². The maximum Gasteiger partial charge on any atom is 0.300 e. The average molecular weight is 529 g/mol. The molecule has 1 aliphatic rings. The number of primary sulfonamides is 1. The zero-order valence-corrected chi connectivity index (χ0v) is 20.7. The van der Waals surface area contributed by atoms with Gasteiger partial charge in [-0.2, -0.15) is 0 Å². The number of aliphatic hydroxyl groups is 1. The van der Waals surface area contributed by atoms with Crippen molar-refractivity contribution in [1.82, 2.24) is 0 Å². The highest BCUT2D eigenvalue weighted by Gasteiger charge is 2.48. The number of rotatable bonds is 6. The van der Waals surface area contributed by atoms with Gasteiger partial charge in [0.15, 0.2) is 0 Å². The number of anilines is 1. The van der Waals surface area contributed by atoms with E-state index in [2.05, 4.69) is 0 Å². The Kier molecular flexibility index (Phi) is 6.77. The van der Waals surface area contributed by atoms with E-state index in [9.17, 15) is 23.1 Å². The van der Waals surface area contributed by atoms with Gasteiger partial charge in [0.05, 0.1) is 30.7 Å². The third-order valence-electron chi connectivity index (χ3n) is 5.74. The second-order valence-electron chi connectivity index (χ2n) is 7.82. The topological polar surface area (TPSA) is 136 Å². The number of hydrogen-bond acceptors (Lipinski definition) is 7. The molecule has 1 saturated heterocycles. The van der Waals surface area contributed by atoms with Gasteiger partial charge in [-0.3, -0.25) is 14.5 Å². The minimum Gasteiger partial charge on any atom is -0.507 e. The summed E-state index contributed by atoms with van der Waals surface area (Å²) in [6, 6.07) is 15.0. The first-order valence-corrected chi connectivity index (χ1v) is 12.4. The summed E-state index contributed by atoms with van der Waals surface area (Å²) in [6.07, 6.45) is 0. The molecule has 0 radical (unpaired) electrons. The Morgan fingerprint density at radius 3 is 2.17 bits per heavy atom. The maximum absolute atomic E-state index is 13.3. The van der Waals surface area contributed by atoms with Crippen LogP contribution in [0.5, 0.6) is 11.5 Å². The lowest BCUT2D eigenvalue weighted by atomic mass is 9.94. The molecule has 36 heavy (non-hydrogen) atoms. The average Bonchev–Trinajstić information content (AvgIpc) is 3.13. The number of benzene rings is 3. The Hall–Kier alpha value is -3.86. The number of ether oxygens (including phenoxy) is 2. The first kappa shape index (κ1) is 25.2. The van der Waals surface area contributed by atoms with Gasteiger partial charge >= 0.3 is 0 Å². The van der Waals surface area contributed by atoms with Crippen LogP contribution in [0.2, 0.25) is 5.02 Å². The van der Waals surface area contributed by atoms with Crippen molar-refractivity contribution in [3.63, 3.8) is 0 Å².